The van der Waals surface area contributed by atoms with Gasteiger partial charge >= 0.3 is 5.63 Å². The molecule has 0 fully saturated rings. The van der Waals surface area contributed by atoms with Gasteiger partial charge in [-0.25, -0.2) is 9.78 Å². The summed E-state index contributed by atoms with van der Waals surface area (Å²) in [6.07, 6.45) is 1.73. The first-order valence-corrected chi connectivity index (χ1v) is 6.77. The number of benzene rings is 1. The highest BCUT2D eigenvalue weighted by molar-refractivity contribution is 6.32. The number of aromatic hydroxyl groups is 1. The molecule has 0 saturated carbocycles. The van der Waals surface area contributed by atoms with Crippen molar-refractivity contribution in [2.45, 2.75) is 20.4 Å². The zero-order valence-corrected chi connectivity index (χ0v) is 12.3. The number of imidazole rings is 1. The summed E-state index contributed by atoms with van der Waals surface area (Å²) in [6, 6.07) is 4.39. The van der Waals surface area contributed by atoms with Crippen molar-refractivity contribution in [2.75, 3.05) is 0 Å². The summed E-state index contributed by atoms with van der Waals surface area (Å²) >= 11 is 5.95. The van der Waals surface area contributed by atoms with Crippen LogP contribution in [0, 0.1) is 13.8 Å². The van der Waals surface area contributed by atoms with E-state index in [4.69, 9.17) is 16.0 Å². The maximum atomic E-state index is 11.7. The monoisotopic (exact) mass is 304 g/mol. The maximum Gasteiger partial charge on any atom is 0.336 e. The van der Waals surface area contributed by atoms with E-state index in [1.165, 1.54) is 12.1 Å². The summed E-state index contributed by atoms with van der Waals surface area (Å²) in [6.45, 7) is 4.38. The molecule has 1 aromatic carbocycles. The minimum Gasteiger partial charge on any atom is -0.506 e. The third-order valence-electron chi connectivity index (χ3n) is 3.58. The summed E-state index contributed by atoms with van der Waals surface area (Å²) in [7, 11) is 0. The molecule has 0 bridgehead atoms. The maximum absolute atomic E-state index is 11.7. The van der Waals surface area contributed by atoms with Crippen LogP contribution in [0.25, 0.3) is 11.0 Å². The van der Waals surface area contributed by atoms with Crippen LogP contribution >= 0.6 is 11.6 Å². The highest BCUT2D eigenvalue weighted by Gasteiger charge is 2.11. The Morgan fingerprint density at radius 2 is 2.10 bits per heavy atom. The molecule has 0 aliphatic carbocycles. The van der Waals surface area contributed by atoms with E-state index in [1.807, 2.05) is 18.4 Å². The van der Waals surface area contributed by atoms with Crippen molar-refractivity contribution in [1.29, 1.82) is 0 Å². The van der Waals surface area contributed by atoms with Crippen LogP contribution in [0.15, 0.2) is 33.7 Å². The first-order chi connectivity index (χ1) is 9.95. The Morgan fingerprint density at radius 3 is 2.76 bits per heavy atom. The van der Waals surface area contributed by atoms with Crippen LogP contribution in [0.5, 0.6) is 5.75 Å². The number of fused-ring (bicyclic) bond motifs is 1. The van der Waals surface area contributed by atoms with E-state index in [1.54, 1.807) is 12.4 Å². The SMILES string of the molecule is Cc1ncn(Cc2cc(=O)oc3cc(O)c(Cl)cc23)c1C. The van der Waals surface area contributed by atoms with Crippen molar-refractivity contribution in [3.8, 4) is 5.75 Å². The van der Waals surface area contributed by atoms with Crippen LogP contribution in [0.2, 0.25) is 5.02 Å². The van der Waals surface area contributed by atoms with Crippen LogP contribution in [0.4, 0.5) is 0 Å². The first-order valence-electron chi connectivity index (χ1n) is 6.39. The van der Waals surface area contributed by atoms with E-state index in [-0.39, 0.29) is 10.8 Å². The third-order valence-corrected chi connectivity index (χ3v) is 3.89. The first kappa shape index (κ1) is 13.7. The largest absolute Gasteiger partial charge is 0.506 e. The van der Waals surface area contributed by atoms with E-state index < -0.39 is 5.63 Å². The molecule has 0 amide bonds. The van der Waals surface area contributed by atoms with Gasteiger partial charge in [-0.2, -0.15) is 0 Å². The number of phenols is 1. The lowest BCUT2D eigenvalue weighted by Crippen LogP contribution is -2.06. The number of aromatic nitrogens is 2. The van der Waals surface area contributed by atoms with E-state index in [2.05, 4.69) is 4.98 Å². The highest BCUT2D eigenvalue weighted by atomic mass is 35.5. The van der Waals surface area contributed by atoms with Gasteiger partial charge in [-0.1, -0.05) is 11.6 Å². The van der Waals surface area contributed by atoms with Gasteiger partial charge in [0.2, 0.25) is 0 Å². The molecule has 5 nitrogen and oxygen atoms in total. The number of hydrogen-bond acceptors (Lipinski definition) is 4. The summed E-state index contributed by atoms with van der Waals surface area (Å²) in [5, 5.41) is 10.5. The highest BCUT2D eigenvalue weighted by Crippen LogP contribution is 2.30. The number of rotatable bonds is 2. The topological polar surface area (TPSA) is 68.3 Å². The third kappa shape index (κ3) is 2.40. The standard InChI is InChI=1S/C15H13ClN2O3/c1-8-9(2)18(7-17-8)6-10-3-15(20)21-14-5-13(19)12(16)4-11(10)14/h3-5,7,19H,6H2,1-2H3. The molecule has 3 aromatic rings. The normalized spacial score (nSPS) is 11.2. The molecule has 2 aromatic heterocycles. The van der Waals surface area contributed by atoms with Crippen molar-refractivity contribution in [2.24, 2.45) is 0 Å². The van der Waals surface area contributed by atoms with Crippen LogP contribution in [0.1, 0.15) is 17.0 Å². The molecule has 0 saturated heterocycles. The van der Waals surface area contributed by atoms with E-state index in [9.17, 15) is 9.90 Å². The average molecular weight is 305 g/mol. The van der Waals surface area contributed by atoms with Gasteiger partial charge in [-0.05, 0) is 25.5 Å². The van der Waals surface area contributed by atoms with Crippen molar-refractivity contribution < 1.29 is 9.52 Å². The van der Waals surface area contributed by atoms with E-state index >= 15 is 0 Å². The van der Waals surface area contributed by atoms with E-state index in [0.29, 0.717) is 17.5 Å². The number of aryl methyl sites for hydroxylation is 1. The summed E-state index contributed by atoms with van der Waals surface area (Å²) in [5.41, 5.74) is 2.59. The molecule has 0 radical (unpaired) electrons. The molecular weight excluding hydrogens is 292 g/mol. The Bertz CT molecular complexity index is 896. The fourth-order valence-corrected chi connectivity index (χ4v) is 2.42. The summed E-state index contributed by atoms with van der Waals surface area (Å²) in [4.78, 5) is 15.9. The predicted octanol–water partition coefficient (Wildman–Crippen LogP) is 3.01. The van der Waals surface area contributed by atoms with Crippen LogP contribution in [-0.4, -0.2) is 14.7 Å². The second-order valence-corrected chi connectivity index (χ2v) is 5.34. The number of phenolic OH excluding ortho intramolecular Hbond substituents is 1. The van der Waals surface area contributed by atoms with Crippen molar-refractivity contribution in [1.82, 2.24) is 9.55 Å². The Hall–Kier alpha value is -2.27. The Balaban J connectivity index is 2.19. The lowest BCUT2D eigenvalue weighted by molar-refractivity contribution is 0.473. The fraction of sp³-hybridized carbons (Fsp3) is 0.200. The van der Waals surface area contributed by atoms with Crippen molar-refractivity contribution in [3.05, 3.63) is 56.9 Å². The molecule has 1 N–H and O–H groups in total. The molecule has 0 aliphatic heterocycles. The van der Waals surface area contributed by atoms with Gasteiger partial charge in [0.25, 0.3) is 0 Å². The zero-order chi connectivity index (χ0) is 15.1. The molecule has 2 heterocycles. The Labute approximate surface area is 125 Å². The number of nitrogens with zero attached hydrogens (tertiary/aromatic N) is 2. The molecule has 0 spiro atoms. The molecule has 0 atom stereocenters. The van der Waals surface area contributed by atoms with Gasteiger partial charge in [0.05, 0.1) is 17.0 Å². The van der Waals surface area contributed by atoms with Crippen LogP contribution in [-0.2, 0) is 6.54 Å². The molecule has 21 heavy (non-hydrogen) atoms. The Kier molecular flexibility index (Phi) is 3.22. The Morgan fingerprint density at radius 1 is 1.33 bits per heavy atom. The molecule has 3 rings (SSSR count). The molecule has 6 heteroatoms. The second-order valence-electron chi connectivity index (χ2n) is 4.93. The van der Waals surface area contributed by atoms with Crippen molar-refractivity contribution >= 4 is 22.6 Å². The van der Waals surface area contributed by atoms with Gasteiger partial charge in [-0.15, -0.1) is 0 Å². The smallest absolute Gasteiger partial charge is 0.336 e. The molecule has 0 aliphatic rings. The van der Waals surface area contributed by atoms with Crippen LogP contribution < -0.4 is 5.63 Å². The van der Waals surface area contributed by atoms with Crippen LogP contribution in [0.3, 0.4) is 0 Å². The lowest BCUT2D eigenvalue weighted by atomic mass is 10.1. The molecule has 108 valence electrons. The average Bonchev–Trinajstić information content (AvgIpc) is 2.73. The van der Waals surface area contributed by atoms with Gasteiger partial charge in [0, 0.05) is 29.8 Å². The minimum atomic E-state index is -0.464. The molecular formula is C15H13ClN2O3. The molecule has 0 unspecified atom stereocenters. The lowest BCUT2D eigenvalue weighted by Gasteiger charge is -2.09. The minimum absolute atomic E-state index is 0.112. The quantitative estimate of drug-likeness (QED) is 0.739. The van der Waals surface area contributed by atoms with Gasteiger partial charge in [0.1, 0.15) is 11.3 Å². The number of hydrogen-bond donors (Lipinski definition) is 1. The van der Waals surface area contributed by atoms with Crippen molar-refractivity contribution in [3.63, 3.8) is 0 Å². The fourth-order valence-electron chi connectivity index (χ4n) is 2.25. The van der Waals surface area contributed by atoms with Gasteiger partial charge < -0.3 is 14.1 Å². The second kappa shape index (κ2) is 4.93. The van der Waals surface area contributed by atoms with Gasteiger partial charge in [-0.3, -0.25) is 0 Å². The zero-order valence-electron chi connectivity index (χ0n) is 11.6. The summed E-state index contributed by atoms with van der Waals surface area (Å²) < 4.78 is 7.06. The van der Waals surface area contributed by atoms with Gasteiger partial charge in [0.15, 0.2) is 0 Å². The van der Waals surface area contributed by atoms with E-state index in [0.717, 1.165) is 17.0 Å². The predicted molar refractivity (Wildman–Crippen MR) is 80.0 cm³/mol. The number of halogens is 1. The summed E-state index contributed by atoms with van der Waals surface area (Å²) in [5.74, 6) is -0.112.